The van der Waals surface area contributed by atoms with E-state index in [2.05, 4.69) is 5.32 Å². The largest absolute Gasteiger partial charge is 0.354 e. The first-order chi connectivity index (χ1) is 8.50. The molecule has 0 radical (unpaired) electrons. The molecule has 98 valence electrons. The van der Waals surface area contributed by atoms with Gasteiger partial charge < -0.3 is 10.2 Å². The smallest absolute Gasteiger partial charge is 0.226 e. The average Bonchev–Trinajstić information content (AvgIpc) is 2.87. The number of carbonyl (C=O) groups is 2. The quantitative estimate of drug-likeness (QED) is 0.907. The van der Waals surface area contributed by atoms with Crippen molar-refractivity contribution in [2.24, 2.45) is 5.92 Å². The summed E-state index contributed by atoms with van der Waals surface area (Å²) in [6.45, 7) is 3.86. The molecule has 1 aromatic heterocycles. The number of likely N-dealkylation sites (tertiary alicyclic amines) is 1. The lowest BCUT2D eigenvalue weighted by Crippen LogP contribution is -2.37. The molecule has 0 saturated carbocycles. The Morgan fingerprint density at radius 1 is 1.56 bits per heavy atom. The molecule has 1 saturated heterocycles. The number of amides is 2. The Morgan fingerprint density at radius 2 is 2.28 bits per heavy atom. The third kappa shape index (κ3) is 2.41. The zero-order valence-corrected chi connectivity index (χ0v) is 11.7. The zero-order chi connectivity index (χ0) is 13.3. The highest BCUT2D eigenvalue weighted by molar-refractivity contribution is 7.10. The van der Waals surface area contributed by atoms with Crippen LogP contribution in [0.5, 0.6) is 0 Å². The molecule has 2 rings (SSSR count). The van der Waals surface area contributed by atoms with Crippen LogP contribution < -0.4 is 5.32 Å². The Kier molecular flexibility index (Phi) is 3.71. The predicted octanol–water partition coefficient (Wildman–Crippen LogP) is 1.79. The second kappa shape index (κ2) is 5.10. The highest BCUT2D eigenvalue weighted by Crippen LogP contribution is 2.39. The van der Waals surface area contributed by atoms with E-state index in [0.717, 1.165) is 4.88 Å². The molecule has 1 aromatic rings. The van der Waals surface area contributed by atoms with Crippen LogP contribution in [0.15, 0.2) is 17.5 Å². The van der Waals surface area contributed by atoms with Crippen LogP contribution in [0.3, 0.4) is 0 Å². The maximum absolute atomic E-state index is 12.2. The first-order valence-electron chi connectivity index (χ1n) is 6.10. The summed E-state index contributed by atoms with van der Waals surface area (Å²) in [6.07, 6.45) is 0.303. The zero-order valence-electron chi connectivity index (χ0n) is 10.8. The van der Waals surface area contributed by atoms with Crippen LogP contribution >= 0.6 is 11.3 Å². The second-order valence-corrected chi connectivity index (χ2v) is 5.92. The molecule has 1 aliphatic rings. The molecule has 2 heterocycles. The highest BCUT2D eigenvalue weighted by Gasteiger charge is 2.43. The molecule has 4 nitrogen and oxygen atoms in total. The number of nitrogens with zero attached hydrogens (tertiary/aromatic N) is 1. The van der Waals surface area contributed by atoms with E-state index < -0.39 is 0 Å². The van der Waals surface area contributed by atoms with Gasteiger partial charge in [-0.1, -0.05) is 6.07 Å². The standard InChI is InChI=1S/C13H18N2O2S/c1-8(2)14-13(17)9-7-11(16)15(3)12(9)10-5-4-6-18-10/h4-6,8-9,12H,7H2,1-3H3,(H,14,17)/t9-,12-/m1/s1. The minimum Gasteiger partial charge on any atom is -0.354 e. The lowest BCUT2D eigenvalue weighted by atomic mass is 9.97. The van der Waals surface area contributed by atoms with Gasteiger partial charge in [0.2, 0.25) is 11.8 Å². The van der Waals surface area contributed by atoms with E-state index in [-0.39, 0.29) is 29.8 Å². The summed E-state index contributed by atoms with van der Waals surface area (Å²) in [5.41, 5.74) is 0. The topological polar surface area (TPSA) is 49.4 Å². The Bertz CT molecular complexity index is 442. The van der Waals surface area contributed by atoms with Gasteiger partial charge in [0.1, 0.15) is 0 Å². The maximum Gasteiger partial charge on any atom is 0.226 e. The molecule has 0 aliphatic carbocycles. The van der Waals surface area contributed by atoms with Crippen molar-refractivity contribution in [1.29, 1.82) is 0 Å². The Labute approximate surface area is 111 Å². The third-order valence-electron chi connectivity index (χ3n) is 3.19. The summed E-state index contributed by atoms with van der Waals surface area (Å²) >= 11 is 1.59. The number of hydrogen-bond donors (Lipinski definition) is 1. The maximum atomic E-state index is 12.2. The van der Waals surface area contributed by atoms with Crippen molar-refractivity contribution in [1.82, 2.24) is 10.2 Å². The minimum atomic E-state index is -0.274. The highest BCUT2D eigenvalue weighted by atomic mass is 32.1. The van der Waals surface area contributed by atoms with Crippen LogP contribution in [-0.4, -0.2) is 29.8 Å². The number of nitrogens with one attached hydrogen (secondary N) is 1. The van der Waals surface area contributed by atoms with Crippen molar-refractivity contribution in [3.63, 3.8) is 0 Å². The number of thiophene rings is 1. The van der Waals surface area contributed by atoms with Crippen molar-refractivity contribution in [2.75, 3.05) is 7.05 Å². The van der Waals surface area contributed by atoms with Crippen molar-refractivity contribution < 1.29 is 9.59 Å². The minimum absolute atomic E-state index is 0.0268. The molecular formula is C13H18N2O2S. The van der Waals surface area contributed by atoms with Gasteiger partial charge in [-0.15, -0.1) is 11.3 Å². The van der Waals surface area contributed by atoms with Crippen molar-refractivity contribution in [3.05, 3.63) is 22.4 Å². The Balaban J connectivity index is 2.23. The first kappa shape index (κ1) is 13.1. The fraction of sp³-hybridized carbons (Fsp3) is 0.538. The van der Waals surface area contributed by atoms with Crippen LogP contribution in [0.2, 0.25) is 0 Å². The lowest BCUT2D eigenvalue weighted by Gasteiger charge is -2.24. The van der Waals surface area contributed by atoms with Crippen LogP contribution in [0, 0.1) is 5.92 Å². The normalized spacial score (nSPS) is 23.8. The summed E-state index contributed by atoms with van der Waals surface area (Å²) < 4.78 is 0. The van der Waals surface area contributed by atoms with Gasteiger partial charge in [-0.05, 0) is 25.3 Å². The van der Waals surface area contributed by atoms with E-state index in [1.807, 2.05) is 31.4 Å². The molecular weight excluding hydrogens is 248 g/mol. The molecule has 0 spiro atoms. The molecule has 0 unspecified atom stereocenters. The molecule has 1 fully saturated rings. The van der Waals surface area contributed by atoms with Crippen molar-refractivity contribution in [3.8, 4) is 0 Å². The SMILES string of the molecule is CC(C)NC(=O)[C@@H]1CC(=O)N(C)[C@H]1c1cccs1. The van der Waals surface area contributed by atoms with Crippen molar-refractivity contribution in [2.45, 2.75) is 32.4 Å². The summed E-state index contributed by atoms with van der Waals surface area (Å²) in [5, 5.41) is 4.88. The fourth-order valence-corrected chi connectivity index (χ4v) is 3.28. The molecule has 18 heavy (non-hydrogen) atoms. The first-order valence-corrected chi connectivity index (χ1v) is 6.98. The molecule has 1 aliphatic heterocycles. The van der Waals surface area contributed by atoms with Gasteiger partial charge >= 0.3 is 0 Å². The van der Waals surface area contributed by atoms with Gasteiger partial charge in [-0.2, -0.15) is 0 Å². The van der Waals surface area contributed by atoms with Gasteiger partial charge in [-0.3, -0.25) is 9.59 Å². The molecule has 0 aromatic carbocycles. The number of hydrogen-bond acceptors (Lipinski definition) is 3. The molecule has 5 heteroatoms. The Morgan fingerprint density at radius 3 is 2.83 bits per heavy atom. The van der Waals surface area contributed by atoms with E-state index in [9.17, 15) is 9.59 Å². The summed E-state index contributed by atoms with van der Waals surface area (Å²) in [4.78, 5) is 26.8. The second-order valence-electron chi connectivity index (χ2n) is 4.94. The van der Waals surface area contributed by atoms with Crippen molar-refractivity contribution >= 4 is 23.2 Å². The van der Waals surface area contributed by atoms with Gasteiger partial charge in [0, 0.05) is 24.4 Å². The van der Waals surface area contributed by atoms with Gasteiger partial charge in [0.25, 0.3) is 0 Å². The monoisotopic (exact) mass is 266 g/mol. The van der Waals surface area contributed by atoms with Crippen LogP contribution in [0.4, 0.5) is 0 Å². The average molecular weight is 266 g/mol. The van der Waals surface area contributed by atoms with E-state index in [4.69, 9.17) is 0 Å². The van der Waals surface area contributed by atoms with E-state index in [0.29, 0.717) is 6.42 Å². The van der Waals surface area contributed by atoms with Crippen LogP contribution in [0.25, 0.3) is 0 Å². The van der Waals surface area contributed by atoms with E-state index in [1.165, 1.54) is 0 Å². The van der Waals surface area contributed by atoms with Crippen LogP contribution in [0.1, 0.15) is 31.2 Å². The molecule has 1 N–H and O–H groups in total. The van der Waals surface area contributed by atoms with Gasteiger partial charge in [0.15, 0.2) is 0 Å². The Hall–Kier alpha value is -1.36. The summed E-state index contributed by atoms with van der Waals surface area (Å²) in [7, 11) is 1.77. The fourth-order valence-electron chi connectivity index (χ4n) is 2.35. The number of rotatable bonds is 3. The summed E-state index contributed by atoms with van der Waals surface area (Å²) in [5.74, 6) is -0.262. The van der Waals surface area contributed by atoms with E-state index in [1.54, 1.807) is 23.3 Å². The van der Waals surface area contributed by atoms with Gasteiger partial charge in [0.05, 0.1) is 12.0 Å². The molecule has 2 atom stereocenters. The summed E-state index contributed by atoms with van der Waals surface area (Å²) in [6, 6.07) is 3.92. The third-order valence-corrected chi connectivity index (χ3v) is 4.13. The van der Waals surface area contributed by atoms with Gasteiger partial charge in [-0.25, -0.2) is 0 Å². The van der Waals surface area contributed by atoms with E-state index >= 15 is 0 Å². The lowest BCUT2D eigenvalue weighted by molar-refractivity contribution is -0.128. The predicted molar refractivity (Wildman–Crippen MR) is 71.2 cm³/mol. The molecule has 2 amide bonds. The van der Waals surface area contributed by atoms with Crippen LogP contribution in [-0.2, 0) is 9.59 Å². The molecule has 0 bridgehead atoms. The number of carbonyl (C=O) groups excluding carboxylic acids is 2.